The predicted octanol–water partition coefficient (Wildman–Crippen LogP) is 4.28. The summed E-state index contributed by atoms with van der Waals surface area (Å²) in [4.78, 5) is 63.4. The average Bonchev–Trinajstić information content (AvgIpc) is 3.26. The third-order valence-corrected chi connectivity index (χ3v) is 10.8. The summed E-state index contributed by atoms with van der Waals surface area (Å²) in [7, 11) is 0. The second-order valence-electron chi connectivity index (χ2n) is 16.1. The predicted molar refractivity (Wildman–Crippen MR) is 181 cm³/mol. The van der Waals surface area contributed by atoms with Crippen molar-refractivity contribution in [2.45, 2.75) is 128 Å². The fourth-order valence-corrected chi connectivity index (χ4v) is 8.32. The van der Waals surface area contributed by atoms with Gasteiger partial charge in [-0.3, -0.25) is 24.6 Å². The molecule has 3 saturated heterocycles. The zero-order valence-corrected chi connectivity index (χ0v) is 29.6. The minimum atomic E-state index is -0.653. The second-order valence-corrected chi connectivity index (χ2v) is 16.1. The summed E-state index contributed by atoms with van der Waals surface area (Å²) in [5, 5.41) is 2.37. The number of pyridine rings is 1. The van der Waals surface area contributed by atoms with Crippen LogP contribution in [0.15, 0.2) is 12.1 Å². The maximum atomic E-state index is 13.2. The minimum Gasteiger partial charge on any atom is -0.444 e. The lowest BCUT2D eigenvalue weighted by atomic mass is 9.86. The van der Waals surface area contributed by atoms with Crippen molar-refractivity contribution < 1.29 is 28.7 Å². The Morgan fingerprint density at radius 2 is 1.65 bits per heavy atom. The van der Waals surface area contributed by atoms with Crippen LogP contribution in [0.3, 0.4) is 0 Å². The first-order chi connectivity index (χ1) is 22.7. The van der Waals surface area contributed by atoms with E-state index in [1.165, 1.54) is 12.8 Å². The van der Waals surface area contributed by atoms with Crippen LogP contribution in [-0.4, -0.2) is 112 Å². The standard InChI is InChI=1S/C36H54N6O6/c1-23-31-27(33(45)42(23)28-12-14-30(43)38-32(28)44)11-13-29(37-31)40-17-15-26(16-18-40)47-25-9-7-24(8-10-25)21-39-19-20-41(36(5,6)22-39)34(46)48-35(2,3)4/h11,13,23-26,28H,7-10,12,14-22H2,1-6H3,(H,38,43,44)/t23?,24-,25-,28?. The molecular weight excluding hydrogens is 612 g/mol. The van der Waals surface area contributed by atoms with Gasteiger partial charge in [-0.15, -0.1) is 0 Å². The van der Waals surface area contributed by atoms with Crippen molar-refractivity contribution in [1.82, 2.24) is 25.0 Å². The van der Waals surface area contributed by atoms with E-state index in [2.05, 4.69) is 29.0 Å². The summed E-state index contributed by atoms with van der Waals surface area (Å²) in [5.41, 5.74) is 0.479. The zero-order chi connectivity index (χ0) is 34.4. The van der Waals surface area contributed by atoms with Crippen LogP contribution in [0, 0.1) is 5.92 Å². The Balaban J connectivity index is 0.938. The number of carbonyl (C=O) groups is 4. The fraction of sp³-hybridized carbons (Fsp3) is 0.750. The first kappa shape index (κ1) is 34.6. The molecule has 5 aliphatic rings. The lowest BCUT2D eigenvalue weighted by Crippen LogP contribution is -2.62. The van der Waals surface area contributed by atoms with Crippen LogP contribution in [-0.2, 0) is 19.1 Å². The van der Waals surface area contributed by atoms with Crippen LogP contribution >= 0.6 is 0 Å². The van der Waals surface area contributed by atoms with Gasteiger partial charge in [-0.05, 0) is 105 Å². The van der Waals surface area contributed by atoms with Crippen LogP contribution in [0.2, 0.25) is 0 Å². The molecule has 1 N–H and O–H groups in total. The summed E-state index contributed by atoms with van der Waals surface area (Å²) in [5.74, 6) is 0.613. The number of ether oxygens (including phenoxy) is 2. The molecule has 4 amide bonds. The van der Waals surface area contributed by atoms with Crippen molar-refractivity contribution in [1.29, 1.82) is 0 Å². The van der Waals surface area contributed by atoms with Gasteiger partial charge in [0.2, 0.25) is 11.8 Å². The molecule has 6 rings (SSSR count). The smallest absolute Gasteiger partial charge is 0.410 e. The highest BCUT2D eigenvalue weighted by Gasteiger charge is 2.44. The number of nitrogens with one attached hydrogen (secondary N) is 1. The number of rotatable bonds is 6. The zero-order valence-electron chi connectivity index (χ0n) is 29.6. The number of aromatic nitrogens is 1. The third-order valence-electron chi connectivity index (χ3n) is 10.8. The Bertz CT molecular complexity index is 1390. The SMILES string of the molecule is CC1c2nc(N3CCC(O[C@H]4CC[C@H](CN5CCN(C(=O)OC(C)(C)C)C(C)(C)C5)CC4)CC3)ccc2C(=O)N1C1CCC(=O)NC1=O. The lowest BCUT2D eigenvalue weighted by molar-refractivity contribution is -0.137. The van der Waals surface area contributed by atoms with Gasteiger partial charge in [0.05, 0.1) is 35.0 Å². The molecule has 1 saturated carbocycles. The monoisotopic (exact) mass is 666 g/mol. The molecule has 264 valence electrons. The van der Waals surface area contributed by atoms with Crippen molar-refractivity contribution >= 4 is 29.6 Å². The quantitative estimate of drug-likeness (QED) is 0.443. The Labute approximate surface area is 284 Å². The highest BCUT2D eigenvalue weighted by Crippen LogP contribution is 2.37. The van der Waals surface area contributed by atoms with Crippen molar-refractivity contribution in [3.05, 3.63) is 23.4 Å². The van der Waals surface area contributed by atoms with Crippen LogP contribution in [0.5, 0.6) is 0 Å². The maximum absolute atomic E-state index is 13.2. The molecule has 1 aromatic rings. The van der Waals surface area contributed by atoms with Gasteiger partial charge < -0.3 is 24.2 Å². The van der Waals surface area contributed by atoms with E-state index in [0.29, 0.717) is 36.2 Å². The molecule has 5 heterocycles. The molecule has 4 aliphatic heterocycles. The molecule has 1 aromatic heterocycles. The van der Waals surface area contributed by atoms with Crippen molar-refractivity contribution in [3.8, 4) is 0 Å². The number of imide groups is 1. The number of amides is 4. The van der Waals surface area contributed by atoms with Gasteiger partial charge in [-0.2, -0.15) is 0 Å². The van der Waals surface area contributed by atoms with E-state index in [9.17, 15) is 19.2 Å². The number of piperidine rings is 2. The normalized spacial score (nSPS) is 28.8. The molecule has 0 radical (unpaired) electrons. The molecule has 0 aromatic carbocycles. The largest absolute Gasteiger partial charge is 0.444 e. The van der Waals surface area contributed by atoms with Crippen molar-refractivity contribution in [2.75, 3.05) is 44.2 Å². The number of hydrogen-bond acceptors (Lipinski definition) is 9. The summed E-state index contributed by atoms with van der Waals surface area (Å²) in [6.07, 6.45) is 7.29. The Morgan fingerprint density at radius 3 is 2.29 bits per heavy atom. The van der Waals surface area contributed by atoms with Crippen LogP contribution in [0.25, 0.3) is 0 Å². The summed E-state index contributed by atoms with van der Waals surface area (Å²) < 4.78 is 12.3. The van der Waals surface area contributed by atoms with Crippen LogP contribution in [0.4, 0.5) is 10.6 Å². The van der Waals surface area contributed by atoms with Gasteiger partial charge in [-0.1, -0.05) is 0 Å². The van der Waals surface area contributed by atoms with Gasteiger partial charge in [0.15, 0.2) is 0 Å². The molecule has 4 fully saturated rings. The van der Waals surface area contributed by atoms with Gasteiger partial charge in [0.25, 0.3) is 5.91 Å². The molecule has 2 atom stereocenters. The van der Waals surface area contributed by atoms with Gasteiger partial charge in [0.1, 0.15) is 17.5 Å². The molecule has 12 nitrogen and oxygen atoms in total. The number of piperazine rings is 1. The Hall–Kier alpha value is -3.25. The number of hydrogen-bond donors (Lipinski definition) is 1. The van der Waals surface area contributed by atoms with E-state index in [0.717, 1.165) is 64.2 Å². The summed E-state index contributed by atoms with van der Waals surface area (Å²) in [6.45, 7) is 17.1. The van der Waals surface area contributed by atoms with E-state index >= 15 is 0 Å². The van der Waals surface area contributed by atoms with Gasteiger partial charge in [-0.25, -0.2) is 9.78 Å². The highest BCUT2D eigenvalue weighted by molar-refractivity contribution is 6.05. The van der Waals surface area contributed by atoms with E-state index in [-0.39, 0.29) is 42.0 Å². The maximum Gasteiger partial charge on any atom is 0.410 e. The molecule has 12 heteroatoms. The first-order valence-corrected chi connectivity index (χ1v) is 18.0. The number of anilines is 1. The van der Waals surface area contributed by atoms with Crippen molar-refractivity contribution in [2.24, 2.45) is 5.92 Å². The molecule has 2 unspecified atom stereocenters. The number of carbonyl (C=O) groups excluding carboxylic acids is 4. The number of fused-ring (bicyclic) bond motifs is 1. The first-order valence-electron chi connectivity index (χ1n) is 18.0. The highest BCUT2D eigenvalue weighted by atomic mass is 16.6. The molecule has 0 bridgehead atoms. The minimum absolute atomic E-state index is 0.197. The van der Waals surface area contributed by atoms with Crippen LogP contribution in [0.1, 0.15) is 115 Å². The fourth-order valence-electron chi connectivity index (χ4n) is 8.32. The lowest BCUT2D eigenvalue weighted by Gasteiger charge is -2.48. The average molecular weight is 667 g/mol. The summed E-state index contributed by atoms with van der Waals surface area (Å²) in [6, 6.07) is 2.77. The van der Waals surface area contributed by atoms with Gasteiger partial charge in [0, 0.05) is 45.7 Å². The van der Waals surface area contributed by atoms with E-state index < -0.39 is 17.6 Å². The van der Waals surface area contributed by atoms with E-state index in [1.54, 1.807) is 4.90 Å². The molecule has 48 heavy (non-hydrogen) atoms. The van der Waals surface area contributed by atoms with E-state index in [4.69, 9.17) is 14.5 Å². The van der Waals surface area contributed by atoms with Crippen molar-refractivity contribution in [3.63, 3.8) is 0 Å². The Morgan fingerprint density at radius 1 is 0.958 bits per heavy atom. The van der Waals surface area contributed by atoms with E-state index in [1.807, 2.05) is 44.7 Å². The second kappa shape index (κ2) is 13.6. The van der Waals surface area contributed by atoms with Crippen LogP contribution < -0.4 is 10.2 Å². The summed E-state index contributed by atoms with van der Waals surface area (Å²) >= 11 is 0. The molecule has 0 spiro atoms. The van der Waals surface area contributed by atoms with Gasteiger partial charge >= 0.3 is 6.09 Å². The number of nitrogens with zero attached hydrogens (tertiary/aromatic N) is 5. The molecular formula is C36H54N6O6. The Kier molecular flexibility index (Phi) is 9.79. The third kappa shape index (κ3) is 7.49. The topological polar surface area (TPSA) is 125 Å². The molecule has 1 aliphatic carbocycles.